The molecule has 2 aromatic rings. The van der Waals surface area contributed by atoms with Gasteiger partial charge in [-0.05, 0) is 29.8 Å². The van der Waals surface area contributed by atoms with Gasteiger partial charge in [0.15, 0.2) is 5.76 Å². The van der Waals surface area contributed by atoms with Crippen LogP contribution < -0.4 is 0 Å². The number of carbonyl (C=O) groups excluding carboxylic acids is 1. The lowest BCUT2D eigenvalue weighted by Crippen LogP contribution is -2.56. The summed E-state index contributed by atoms with van der Waals surface area (Å²) in [5.41, 5.74) is -3.13. The Kier molecular flexibility index (Phi) is 4.00. The van der Waals surface area contributed by atoms with Gasteiger partial charge >= 0.3 is 12.1 Å². The molecule has 1 aromatic heterocycles. The predicted molar refractivity (Wildman–Crippen MR) is 81.2 cm³/mol. The average molecular weight is 403 g/mol. The van der Waals surface area contributed by atoms with Crippen molar-refractivity contribution in [2.45, 2.75) is 18.3 Å². The van der Waals surface area contributed by atoms with Crippen LogP contribution in [0.15, 0.2) is 56.7 Å². The van der Waals surface area contributed by atoms with Crippen molar-refractivity contribution in [3.8, 4) is 0 Å². The largest absolute Gasteiger partial charge is 0.459 e. The molecule has 1 aromatic carbocycles. The van der Waals surface area contributed by atoms with Crippen LogP contribution in [0, 0.1) is 0 Å². The standard InChI is InChI=1S/C15H10BrF3N2O3/c16-10-4-1-3-9(7-10)11-8-14(23,15(17,18)19)21(20-11)13(22)12-5-2-6-24-12/h1-7,23H,8H2. The van der Waals surface area contributed by atoms with E-state index in [1.807, 2.05) is 0 Å². The first-order chi connectivity index (χ1) is 11.2. The fraction of sp³-hybridized carbons (Fsp3) is 0.200. The second kappa shape index (κ2) is 5.75. The lowest BCUT2D eigenvalue weighted by atomic mass is 10.0. The monoisotopic (exact) mass is 402 g/mol. The summed E-state index contributed by atoms with van der Waals surface area (Å²) in [6, 6.07) is 8.96. The second-order valence-corrected chi connectivity index (χ2v) is 6.06. The van der Waals surface area contributed by atoms with Crippen molar-refractivity contribution in [1.29, 1.82) is 0 Å². The molecular formula is C15H10BrF3N2O3. The van der Waals surface area contributed by atoms with Gasteiger partial charge in [0.05, 0.1) is 18.4 Å². The number of alkyl halides is 3. The molecule has 5 nitrogen and oxygen atoms in total. The van der Waals surface area contributed by atoms with E-state index < -0.39 is 24.2 Å². The third-order valence-electron chi connectivity index (χ3n) is 3.52. The maximum Gasteiger partial charge on any atom is 0.438 e. The van der Waals surface area contributed by atoms with Crippen LogP contribution in [0.25, 0.3) is 0 Å². The van der Waals surface area contributed by atoms with E-state index in [0.29, 0.717) is 10.0 Å². The number of hydrogen-bond acceptors (Lipinski definition) is 4. The van der Waals surface area contributed by atoms with E-state index in [1.165, 1.54) is 12.1 Å². The maximum absolute atomic E-state index is 13.4. The molecular weight excluding hydrogens is 393 g/mol. The van der Waals surface area contributed by atoms with Gasteiger partial charge in [0.1, 0.15) is 0 Å². The Morgan fingerprint density at radius 1 is 1.33 bits per heavy atom. The van der Waals surface area contributed by atoms with Crippen molar-refractivity contribution < 1.29 is 27.5 Å². The van der Waals surface area contributed by atoms with Crippen LogP contribution in [0.3, 0.4) is 0 Å². The smallest absolute Gasteiger partial charge is 0.438 e. The molecule has 3 rings (SSSR count). The van der Waals surface area contributed by atoms with Gasteiger partial charge in [-0.15, -0.1) is 0 Å². The Morgan fingerprint density at radius 3 is 2.67 bits per heavy atom. The van der Waals surface area contributed by atoms with Gasteiger partial charge in [-0.2, -0.15) is 23.3 Å². The molecule has 0 aliphatic carbocycles. The van der Waals surface area contributed by atoms with Crippen molar-refractivity contribution in [3.63, 3.8) is 0 Å². The van der Waals surface area contributed by atoms with E-state index in [-0.39, 0.29) is 16.5 Å². The highest BCUT2D eigenvalue weighted by Crippen LogP contribution is 2.42. The number of halogens is 4. The fourth-order valence-electron chi connectivity index (χ4n) is 2.31. The van der Waals surface area contributed by atoms with Crippen LogP contribution in [0.1, 0.15) is 22.5 Å². The van der Waals surface area contributed by atoms with Gasteiger partial charge in [-0.3, -0.25) is 4.79 Å². The summed E-state index contributed by atoms with van der Waals surface area (Å²) >= 11 is 3.22. The van der Waals surface area contributed by atoms with Crippen LogP contribution in [-0.4, -0.2) is 33.6 Å². The molecule has 1 atom stereocenters. The average Bonchev–Trinajstić information content (AvgIpc) is 3.14. The van der Waals surface area contributed by atoms with E-state index in [1.54, 1.807) is 24.3 Å². The lowest BCUT2D eigenvalue weighted by molar-refractivity contribution is -0.297. The minimum atomic E-state index is -5.09. The van der Waals surface area contributed by atoms with Gasteiger partial charge < -0.3 is 9.52 Å². The first kappa shape index (κ1) is 16.7. The van der Waals surface area contributed by atoms with E-state index in [9.17, 15) is 23.1 Å². The molecule has 126 valence electrons. The van der Waals surface area contributed by atoms with Crippen molar-refractivity contribution >= 4 is 27.5 Å². The number of nitrogens with zero attached hydrogens (tertiary/aromatic N) is 2. The van der Waals surface area contributed by atoms with E-state index >= 15 is 0 Å². The van der Waals surface area contributed by atoms with Gasteiger partial charge in [0, 0.05) is 4.47 Å². The zero-order chi connectivity index (χ0) is 17.5. The number of carbonyl (C=O) groups is 1. The molecule has 0 saturated heterocycles. The summed E-state index contributed by atoms with van der Waals surface area (Å²) in [5.74, 6) is -1.53. The molecule has 0 spiro atoms. The van der Waals surface area contributed by atoms with Gasteiger partial charge in [-0.25, -0.2) is 0 Å². The third kappa shape index (κ3) is 2.73. The summed E-state index contributed by atoms with van der Waals surface area (Å²) < 4.78 is 45.7. The summed E-state index contributed by atoms with van der Waals surface area (Å²) in [7, 11) is 0. The van der Waals surface area contributed by atoms with Crippen LogP contribution in [-0.2, 0) is 0 Å². The zero-order valence-electron chi connectivity index (χ0n) is 11.9. The van der Waals surface area contributed by atoms with Gasteiger partial charge in [0.2, 0.25) is 0 Å². The molecule has 2 heterocycles. The zero-order valence-corrected chi connectivity index (χ0v) is 13.5. The lowest BCUT2D eigenvalue weighted by Gasteiger charge is -2.31. The fourth-order valence-corrected chi connectivity index (χ4v) is 2.71. The molecule has 0 fully saturated rings. The molecule has 0 saturated carbocycles. The summed E-state index contributed by atoms with van der Waals surface area (Å²) in [6.45, 7) is 0. The number of hydrazone groups is 1. The van der Waals surface area contributed by atoms with Gasteiger partial charge in [0.25, 0.3) is 5.72 Å². The van der Waals surface area contributed by atoms with Crippen molar-refractivity contribution in [3.05, 3.63) is 58.5 Å². The van der Waals surface area contributed by atoms with Crippen LogP contribution in [0.4, 0.5) is 13.2 Å². The number of furan rings is 1. The van der Waals surface area contributed by atoms with Gasteiger partial charge in [-0.1, -0.05) is 28.1 Å². The Balaban J connectivity index is 2.05. The normalized spacial score (nSPS) is 21.0. The van der Waals surface area contributed by atoms with Crippen LogP contribution >= 0.6 is 15.9 Å². The molecule has 1 unspecified atom stereocenters. The first-order valence-corrected chi connectivity index (χ1v) is 7.52. The minimum absolute atomic E-state index is 0.0298. The SMILES string of the molecule is O=C(c1ccco1)N1N=C(c2cccc(Br)c2)CC1(O)C(F)(F)F. The maximum atomic E-state index is 13.4. The molecule has 24 heavy (non-hydrogen) atoms. The Bertz CT molecular complexity index is 805. The molecule has 0 radical (unpaired) electrons. The molecule has 0 bridgehead atoms. The topological polar surface area (TPSA) is 66.0 Å². The summed E-state index contributed by atoms with van der Waals surface area (Å²) in [4.78, 5) is 12.3. The third-order valence-corrected chi connectivity index (χ3v) is 4.01. The Morgan fingerprint density at radius 2 is 2.08 bits per heavy atom. The van der Waals surface area contributed by atoms with Crippen molar-refractivity contribution in [2.24, 2.45) is 5.10 Å². The Hall–Kier alpha value is -2.13. The molecule has 9 heteroatoms. The summed E-state index contributed by atoms with van der Waals surface area (Å²) in [6.07, 6.45) is -4.82. The number of benzene rings is 1. The van der Waals surface area contributed by atoms with E-state index in [4.69, 9.17) is 4.42 Å². The number of rotatable bonds is 2. The first-order valence-electron chi connectivity index (χ1n) is 6.73. The number of amides is 1. The summed E-state index contributed by atoms with van der Waals surface area (Å²) in [5, 5.41) is 13.9. The number of aliphatic hydroxyl groups is 1. The quantitative estimate of drug-likeness (QED) is 0.835. The molecule has 1 amide bonds. The molecule has 1 aliphatic rings. The minimum Gasteiger partial charge on any atom is -0.459 e. The van der Waals surface area contributed by atoms with E-state index in [2.05, 4.69) is 21.0 Å². The highest BCUT2D eigenvalue weighted by Gasteiger charge is 2.63. The molecule has 1 N–H and O–H groups in total. The second-order valence-electron chi connectivity index (χ2n) is 5.14. The van der Waals surface area contributed by atoms with Crippen LogP contribution in [0.2, 0.25) is 0 Å². The molecule has 1 aliphatic heterocycles. The Labute approximate surface area is 142 Å². The number of hydrogen-bond donors (Lipinski definition) is 1. The van der Waals surface area contributed by atoms with Crippen LogP contribution in [0.5, 0.6) is 0 Å². The predicted octanol–water partition coefficient (Wildman–Crippen LogP) is 3.54. The van der Waals surface area contributed by atoms with Crippen molar-refractivity contribution in [2.75, 3.05) is 0 Å². The highest BCUT2D eigenvalue weighted by molar-refractivity contribution is 9.10. The van der Waals surface area contributed by atoms with E-state index in [0.717, 1.165) is 6.26 Å². The van der Waals surface area contributed by atoms with Crippen molar-refractivity contribution in [1.82, 2.24) is 5.01 Å². The highest BCUT2D eigenvalue weighted by atomic mass is 79.9.